The summed E-state index contributed by atoms with van der Waals surface area (Å²) >= 11 is 0. The van der Waals surface area contributed by atoms with Crippen LogP contribution in [0.1, 0.15) is 13.8 Å². The van der Waals surface area contributed by atoms with Gasteiger partial charge in [0.25, 0.3) is 0 Å². The summed E-state index contributed by atoms with van der Waals surface area (Å²) in [7, 11) is 1.49. The minimum Gasteiger partial charge on any atom is -0.341 e. The molecule has 2 unspecified atom stereocenters. The first-order chi connectivity index (χ1) is 9.47. The van der Waals surface area contributed by atoms with Gasteiger partial charge in [-0.1, -0.05) is 6.92 Å². The summed E-state index contributed by atoms with van der Waals surface area (Å²) < 4.78 is 0. The second-order valence-corrected chi connectivity index (χ2v) is 5.42. The Bertz CT molecular complexity index is 329. The van der Waals surface area contributed by atoms with Crippen molar-refractivity contribution in [2.75, 3.05) is 46.3 Å². The Morgan fingerprint density at radius 2 is 1.80 bits per heavy atom. The van der Waals surface area contributed by atoms with Crippen molar-refractivity contribution in [2.24, 2.45) is 11.7 Å². The lowest BCUT2D eigenvalue weighted by Gasteiger charge is -2.38. The molecule has 0 aliphatic carbocycles. The number of hydrogen-bond acceptors (Lipinski definition) is 5. The number of rotatable bonds is 5. The molecule has 0 saturated carbocycles. The molecule has 0 radical (unpaired) electrons. The van der Waals surface area contributed by atoms with Gasteiger partial charge in [0.15, 0.2) is 0 Å². The molecule has 2 atom stereocenters. The van der Waals surface area contributed by atoms with E-state index in [1.54, 1.807) is 0 Å². The minimum atomic E-state index is -0.461. The number of amides is 3. The zero-order valence-electron chi connectivity index (χ0n) is 12.7. The van der Waals surface area contributed by atoms with E-state index in [9.17, 15) is 9.59 Å². The fourth-order valence-corrected chi connectivity index (χ4v) is 2.29. The highest BCUT2D eigenvalue weighted by molar-refractivity contribution is 5.96. The average molecular weight is 285 g/mol. The maximum absolute atomic E-state index is 11.9. The Balaban J connectivity index is 2.36. The van der Waals surface area contributed by atoms with E-state index in [4.69, 9.17) is 5.73 Å². The third-order valence-electron chi connectivity index (χ3n) is 3.77. The summed E-state index contributed by atoms with van der Waals surface area (Å²) in [6.45, 7) is 9.21. The SMILES string of the molecule is CNC(=O)NC(=O)C(C)N1CCN(CC(C)CN)CC1. The summed E-state index contributed by atoms with van der Waals surface area (Å²) in [4.78, 5) is 27.5. The Morgan fingerprint density at radius 1 is 1.20 bits per heavy atom. The van der Waals surface area contributed by atoms with Gasteiger partial charge in [-0.15, -0.1) is 0 Å². The number of urea groups is 1. The molecule has 1 saturated heterocycles. The van der Waals surface area contributed by atoms with Crippen LogP contribution in [0.2, 0.25) is 0 Å². The number of nitrogens with zero attached hydrogens (tertiary/aromatic N) is 2. The largest absolute Gasteiger partial charge is 0.341 e. The van der Waals surface area contributed by atoms with Gasteiger partial charge in [-0.2, -0.15) is 0 Å². The molecule has 0 spiro atoms. The van der Waals surface area contributed by atoms with E-state index in [0.717, 1.165) is 32.7 Å². The van der Waals surface area contributed by atoms with Gasteiger partial charge in [0, 0.05) is 39.8 Å². The van der Waals surface area contributed by atoms with Crippen molar-refractivity contribution in [1.82, 2.24) is 20.4 Å². The number of nitrogens with two attached hydrogens (primary N) is 1. The smallest absolute Gasteiger partial charge is 0.321 e. The first-order valence-corrected chi connectivity index (χ1v) is 7.17. The van der Waals surface area contributed by atoms with Crippen LogP contribution in [0.4, 0.5) is 4.79 Å². The lowest BCUT2D eigenvalue weighted by atomic mass is 10.1. The molecule has 1 heterocycles. The number of imide groups is 1. The van der Waals surface area contributed by atoms with Crippen LogP contribution < -0.4 is 16.4 Å². The molecule has 1 fully saturated rings. The minimum absolute atomic E-state index is 0.256. The van der Waals surface area contributed by atoms with Crippen LogP contribution in [-0.4, -0.2) is 74.1 Å². The van der Waals surface area contributed by atoms with Gasteiger partial charge in [-0.05, 0) is 19.4 Å². The van der Waals surface area contributed by atoms with E-state index in [1.165, 1.54) is 7.05 Å². The standard InChI is InChI=1S/C13H27N5O2/c1-10(8-14)9-17-4-6-18(7-5-17)11(2)12(19)16-13(20)15-3/h10-11H,4-9,14H2,1-3H3,(H2,15,16,19,20). The molecule has 0 aromatic rings. The van der Waals surface area contributed by atoms with Gasteiger partial charge in [0.1, 0.15) is 0 Å². The average Bonchev–Trinajstić information content (AvgIpc) is 2.46. The quantitative estimate of drug-likeness (QED) is 0.605. The fourth-order valence-electron chi connectivity index (χ4n) is 2.29. The molecule has 20 heavy (non-hydrogen) atoms. The van der Waals surface area contributed by atoms with Crippen LogP contribution in [0.15, 0.2) is 0 Å². The molecule has 7 nitrogen and oxygen atoms in total. The Hall–Kier alpha value is -1.18. The van der Waals surface area contributed by atoms with Crippen LogP contribution in [0.3, 0.4) is 0 Å². The van der Waals surface area contributed by atoms with Crippen LogP contribution in [0.25, 0.3) is 0 Å². The lowest BCUT2D eigenvalue weighted by molar-refractivity contribution is -0.125. The van der Waals surface area contributed by atoms with E-state index in [-0.39, 0.29) is 11.9 Å². The van der Waals surface area contributed by atoms with E-state index in [0.29, 0.717) is 12.5 Å². The molecular weight excluding hydrogens is 258 g/mol. The fraction of sp³-hybridized carbons (Fsp3) is 0.846. The Morgan fingerprint density at radius 3 is 2.30 bits per heavy atom. The Labute approximate surface area is 120 Å². The van der Waals surface area contributed by atoms with Crippen molar-refractivity contribution in [3.05, 3.63) is 0 Å². The summed E-state index contributed by atoms with van der Waals surface area (Å²) in [6, 6.07) is -0.751. The van der Waals surface area contributed by atoms with Crippen LogP contribution in [0, 0.1) is 5.92 Å². The number of hydrogen-bond donors (Lipinski definition) is 3. The van der Waals surface area contributed by atoms with Crippen LogP contribution in [-0.2, 0) is 4.79 Å². The third-order valence-corrected chi connectivity index (χ3v) is 3.77. The van der Waals surface area contributed by atoms with Crippen molar-refractivity contribution in [3.8, 4) is 0 Å². The van der Waals surface area contributed by atoms with Gasteiger partial charge in [-0.25, -0.2) is 4.79 Å². The van der Waals surface area contributed by atoms with Gasteiger partial charge in [0.2, 0.25) is 5.91 Å². The third kappa shape index (κ3) is 5.07. The second kappa shape index (κ2) is 8.18. The van der Waals surface area contributed by atoms with E-state index < -0.39 is 6.03 Å². The molecule has 1 rings (SSSR count). The summed E-state index contributed by atoms with van der Waals surface area (Å²) in [5.41, 5.74) is 5.64. The molecule has 116 valence electrons. The number of carbonyl (C=O) groups is 2. The van der Waals surface area contributed by atoms with Crippen molar-refractivity contribution in [3.63, 3.8) is 0 Å². The molecule has 0 aromatic carbocycles. The topological polar surface area (TPSA) is 90.7 Å². The van der Waals surface area contributed by atoms with Crippen LogP contribution >= 0.6 is 0 Å². The molecule has 1 aliphatic rings. The van der Waals surface area contributed by atoms with Gasteiger partial charge >= 0.3 is 6.03 Å². The zero-order valence-corrected chi connectivity index (χ0v) is 12.7. The monoisotopic (exact) mass is 285 g/mol. The first kappa shape index (κ1) is 16.9. The molecule has 4 N–H and O–H groups in total. The molecule has 0 bridgehead atoms. The van der Waals surface area contributed by atoms with E-state index in [1.807, 2.05) is 6.92 Å². The highest BCUT2D eigenvalue weighted by Gasteiger charge is 2.26. The van der Waals surface area contributed by atoms with Gasteiger partial charge in [0.05, 0.1) is 6.04 Å². The normalized spacial score (nSPS) is 20.2. The van der Waals surface area contributed by atoms with Crippen molar-refractivity contribution in [2.45, 2.75) is 19.9 Å². The summed E-state index contributed by atoms with van der Waals surface area (Å²) in [5, 5.41) is 4.70. The van der Waals surface area contributed by atoms with E-state index in [2.05, 4.69) is 27.4 Å². The number of carbonyl (C=O) groups excluding carboxylic acids is 2. The summed E-state index contributed by atoms with van der Waals surface area (Å²) in [6.07, 6.45) is 0. The highest BCUT2D eigenvalue weighted by atomic mass is 16.2. The number of nitrogens with one attached hydrogen (secondary N) is 2. The van der Waals surface area contributed by atoms with Crippen LogP contribution in [0.5, 0.6) is 0 Å². The van der Waals surface area contributed by atoms with E-state index >= 15 is 0 Å². The number of piperazine rings is 1. The maximum atomic E-state index is 11.9. The summed E-state index contributed by atoms with van der Waals surface area (Å²) in [5.74, 6) is 0.239. The first-order valence-electron chi connectivity index (χ1n) is 7.17. The second-order valence-electron chi connectivity index (χ2n) is 5.42. The predicted molar refractivity (Wildman–Crippen MR) is 78.3 cm³/mol. The van der Waals surface area contributed by atoms with Crippen molar-refractivity contribution < 1.29 is 9.59 Å². The molecule has 1 aliphatic heterocycles. The maximum Gasteiger partial charge on any atom is 0.321 e. The molecular formula is C13H27N5O2. The molecule has 7 heteroatoms. The lowest BCUT2D eigenvalue weighted by Crippen LogP contribution is -2.55. The molecule has 3 amide bonds. The van der Waals surface area contributed by atoms with Gasteiger partial charge < -0.3 is 16.0 Å². The van der Waals surface area contributed by atoms with Crippen molar-refractivity contribution >= 4 is 11.9 Å². The molecule has 0 aromatic heterocycles. The van der Waals surface area contributed by atoms with Crippen molar-refractivity contribution in [1.29, 1.82) is 0 Å². The zero-order chi connectivity index (χ0) is 15.1. The highest BCUT2D eigenvalue weighted by Crippen LogP contribution is 2.08. The predicted octanol–water partition coefficient (Wildman–Crippen LogP) is -0.957. The Kier molecular flexibility index (Phi) is 6.90. The van der Waals surface area contributed by atoms with Gasteiger partial charge in [-0.3, -0.25) is 15.0 Å².